The van der Waals surface area contributed by atoms with Crippen molar-refractivity contribution in [2.45, 2.75) is 6.54 Å². The van der Waals surface area contributed by atoms with Crippen molar-refractivity contribution in [3.05, 3.63) is 36.7 Å². The molecule has 0 radical (unpaired) electrons. The molecule has 5 heteroatoms. The molecule has 2 heterocycles. The highest BCUT2D eigenvalue weighted by molar-refractivity contribution is 5.28. The average molecular weight is 175 g/mol. The highest BCUT2D eigenvalue weighted by Gasteiger charge is 1.96. The van der Waals surface area contributed by atoms with Gasteiger partial charge >= 0.3 is 0 Å². The molecule has 0 aromatic carbocycles. The van der Waals surface area contributed by atoms with E-state index < -0.39 is 0 Å². The van der Waals surface area contributed by atoms with Crippen LogP contribution in [0.3, 0.4) is 0 Å². The van der Waals surface area contributed by atoms with Crippen LogP contribution in [0.1, 0.15) is 5.69 Å². The van der Waals surface area contributed by atoms with Crippen LogP contribution in [-0.4, -0.2) is 19.7 Å². The average Bonchev–Trinajstić information content (AvgIpc) is 2.71. The number of hydrogen-bond acceptors (Lipinski definition) is 4. The van der Waals surface area contributed by atoms with Crippen LogP contribution in [-0.2, 0) is 6.54 Å². The van der Waals surface area contributed by atoms with Crippen LogP contribution < -0.4 is 5.73 Å². The Balaban J connectivity index is 2.33. The van der Waals surface area contributed by atoms with E-state index >= 15 is 0 Å². The van der Waals surface area contributed by atoms with Gasteiger partial charge in [-0.3, -0.25) is 9.55 Å². The smallest absolute Gasteiger partial charge is 0.123 e. The lowest BCUT2D eigenvalue weighted by molar-refractivity contribution is 0.964. The fourth-order valence-electron chi connectivity index (χ4n) is 1.02. The molecule has 0 aliphatic rings. The van der Waals surface area contributed by atoms with Crippen molar-refractivity contribution in [3.63, 3.8) is 0 Å². The van der Waals surface area contributed by atoms with Gasteiger partial charge in [0.1, 0.15) is 12.7 Å². The van der Waals surface area contributed by atoms with Crippen molar-refractivity contribution >= 4 is 0 Å². The molecule has 0 spiro atoms. The van der Waals surface area contributed by atoms with Crippen LogP contribution in [0, 0.1) is 0 Å². The Morgan fingerprint density at radius 3 is 2.54 bits per heavy atom. The number of nitrogens with zero attached hydrogens (tertiary/aromatic N) is 4. The number of hydrogen-bond donors (Lipinski definition) is 1. The Labute approximate surface area is 75.2 Å². The summed E-state index contributed by atoms with van der Waals surface area (Å²) >= 11 is 0. The van der Waals surface area contributed by atoms with Crippen LogP contribution in [0.5, 0.6) is 0 Å². The van der Waals surface area contributed by atoms with E-state index in [2.05, 4.69) is 15.2 Å². The Kier molecular flexibility index (Phi) is 2.01. The van der Waals surface area contributed by atoms with Gasteiger partial charge in [-0.05, 0) is 12.1 Å². The number of aromatic nitrogens is 4. The second-order valence-corrected chi connectivity index (χ2v) is 2.58. The Morgan fingerprint density at radius 2 is 2.00 bits per heavy atom. The molecule has 0 saturated heterocycles. The van der Waals surface area contributed by atoms with Crippen molar-refractivity contribution < 1.29 is 0 Å². The molecule has 0 fully saturated rings. The summed E-state index contributed by atoms with van der Waals surface area (Å²) in [6.45, 7) is 0.461. The summed E-state index contributed by atoms with van der Waals surface area (Å²) in [5, 5.41) is 7.40. The van der Waals surface area contributed by atoms with Gasteiger partial charge in [-0.1, -0.05) is 0 Å². The van der Waals surface area contributed by atoms with Crippen LogP contribution in [0.2, 0.25) is 0 Å². The zero-order valence-electron chi connectivity index (χ0n) is 6.96. The van der Waals surface area contributed by atoms with Crippen molar-refractivity contribution in [2.75, 3.05) is 0 Å². The predicted molar refractivity (Wildman–Crippen MR) is 47.0 cm³/mol. The van der Waals surface area contributed by atoms with Gasteiger partial charge in [0.2, 0.25) is 0 Å². The maximum absolute atomic E-state index is 5.42. The molecule has 0 atom stereocenters. The molecule has 0 bridgehead atoms. The molecule has 2 aromatic rings. The van der Waals surface area contributed by atoms with Gasteiger partial charge in [-0.2, -0.15) is 0 Å². The molecule has 5 nitrogen and oxygen atoms in total. The van der Waals surface area contributed by atoms with E-state index in [9.17, 15) is 0 Å². The largest absolute Gasteiger partial charge is 0.325 e. The molecule has 0 unspecified atom stereocenters. The van der Waals surface area contributed by atoms with Gasteiger partial charge in [0, 0.05) is 6.54 Å². The standard InChI is InChI=1S/C8H9N5/c9-3-7-1-2-8(4-10-7)13-5-11-12-6-13/h1-2,4-6H,3,9H2. The lowest BCUT2D eigenvalue weighted by Gasteiger charge is -2.00. The first-order valence-electron chi connectivity index (χ1n) is 3.90. The zero-order chi connectivity index (χ0) is 9.10. The molecule has 0 aliphatic carbocycles. The third kappa shape index (κ3) is 1.54. The second-order valence-electron chi connectivity index (χ2n) is 2.58. The molecule has 2 rings (SSSR count). The van der Waals surface area contributed by atoms with Gasteiger partial charge in [0.15, 0.2) is 0 Å². The second kappa shape index (κ2) is 3.32. The van der Waals surface area contributed by atoms with Gasteiger partial charge in [0.05, 0.1) is 17.6 Å². The number of nitrogens with two attached hydrogens (primary N) is 1. The third-order valence-electron chi connectivity index (χ3n) is 1.74. The molecular weight excluding hydrogens is 166 g/mol. The van der Waals surface area contributed by atoms with E-state index in [4.69, 9.17) is 5.73 Å². The van der Waals surface area contributed by atoms with Crippen molar-refractivity contribution in [2.24, 2.45) is 5.73 Å². The molecule has 0 amide bonds. The molecular formula is C8H9N5. The fraction of sp³-hybridized carbons (Fsp3) is 0.125. The summed E-state index contributed by atoms with van der Waals surface area (Å²) in [6.07, 6.45) is 4.99. The lowest BCUT2D eigenvalue weighted by Crippen LogP contribution is -2.00. The summed E-state index contributed by atoms with van der Waals surface area (Å²) in [7, 11) is 0. The molecule has 0 aliphatic heterocycles. The van der Waals surface area contributed by atoms with Gasteiger partial charge in [-0.25, -0.2) is 0 Å². The molecule has 2 aromatic heterocycles. The Bertz CT molecular complexity index is 364. The van der Waals surface area contributed by atoms with E-state index in [0.717, 1.165) is 11.4 Å². The summed E-state index contributed by atoms with van der Waals surface area (Å²) in [5.41, 5.74) is 7.23. The molecule has 0 saturated carbocycles. The van der Waals surface area contributed by atoms with Crippen LogP contribution in [0.15, 0.2) is 31.0 Å². The first-order chi connectivity index (χ1) is 6.40. The lowest BCUT2D eigenvalue weighted by atomic mass is 10.3. The third-order valence-corrected chi connectivity index (χ3v) is 1.74. The monoisotopic (exact) mass is 175 g/mol. The van der Waals surface area contributed by atoms with Crippen LogP contribution in [0.25, 0.3) is 5.69 Å². The summed E-state index contributed by atoms with van der Waals surface area (Å²) in [5.74, 6) is 0. The molecule has 13 heavy (non-hydrogen) atoms. The van der Waals surface area contributed by atoms with E-state index in [0.29, 0.717) is 6.54 Å². The van der Waals surface area contributed by atoms with Crippen molar-refractivity contribution in [1.29, 1.82) is 0 Å². The summed E-state index contributed by atoms with van der Waals surface area (Å²) in [4.78, 5) is 4.15. The van der Waals surface area contributed by atoms with Crippen LogP contribution >= 0.6 is 0 Å². The summed E-state index contributed by atoms with van der Waals surface area (Å²) in [6, 6.07) is 3.81. The maximum atomic E-state index is 5.42. The van der Waals surface area contributed by atoms with E-state index in [1.54, 1.807) is 23.4 Å². The predicted octanol–water partition coefficient (Wildman–Crippen LogP) is 0.121. The first-order valence-corrected chi connectivity index (χ1v) is 3.90. The van der Waals surface area contributed by atoms with E-state index in [1.807, 2.05) is 12.1 Å². The normalized spacial score (nSPS) is 10.2. The van der Waals surface area contributed by atoms with Crippen molar-refractivity contribution in [1.82, 2.24) is 19.7 Å². The number of pyridine rings is 1. The zero-order valence-corrected chi connectivity index (χ0v) is 6.96. The highest BCUT2D eigenvalue weighted by Crippen LogP contribution is 2.04. The molecule has 2 N–H and O–H groups in total. The minimum atomic E-state index is 0.461. The van der Waals surface area contributed by atoms with Gasteiger partial charge in [0.25, 0.3) is 0 Å². The SMILES string of the molecule is NCc1ccc(-n2cnnc2)cn1. The topological polar surface area (TPSA) is 69.6 Å². The summed E-state index contributed by atoms with van der Waals surface area (Å²) < 4.78 is 1.79. The maximum Gasteiger partial charge on any atom is 0.123 e. The quantitative estimate of drug-likeness (QED) is 0.703. The fourth-order valence-corrected chi connectivity index (χ4v) is 1.02. The Hall–Kier alpha value is -1.75. The van der Waals surface area contributed by atoms with E-state index in [1.165, 1.54) is 0 Å². The van der Waals surface area contributed by atoms with Crippen LogP contribution in [0.4, 0.5) is 0 Å². The highest BCUT2D eigenvalue weighted by atomic mass is 15.2. The van der Waals surface area contributed by atoms with E-state index in [-0.39, 0.29) is 0 Å². The minimum absolute atomic E-state index is 0.461. The number of rotatable bonds is 2. The molecule has 66 valence electrons. The van der Waals surface area contributed by atoms with Gasteiger partial charge < -0.3 is 5.73 Å². The Morgan fingerprint density at radius 1 is 1.23 bits per heavy atom. The van der Waals surface area contributed by atoms with Crippen molar-refractivity contribution in [3.8, 4) is 5.69 Å². The first kappa shape index (κ1) is 7.88. The van der Waals surface area contributed by atoms with Gasteiger partial charge in [-0.15, -0.1) is 10.2 Å². The minimum Gasteiger partial charge on any atom is -0.325 e.